The third-order valence-electron chi connectivity index (χ3n) is 4.07. The standard InChI is InChI=1S/2C11H11N/c1-2-11-7-9-5-3-4-6-10(9)8-12-11;1-2-10-8-7-9-5-3-4-6-11(9)12-10/h2*3-8H,2H2,1H3. The largest absolute Gasteiger partial charge is 0.261 e. The van der Waals surface area contributed by atoms with Gasteiger partial charge in [-0.1, -0.05) is 62.4 Å². The number of nitrogens with zero attached hydrogens (tertiary/aromatic N) is 2. The van der Waals surface area contributed by atoms with E-state index in [0.717, 1.165) is 29.7 Å². The molecule has 24 heavy (non-hydrogen) atoms. The lowest BCUT2D eigenvalue weighted by molar-refractivity contribution is 1.05. The Labute approximate surface area is 143 Å². The van der Waals surface area contributed by atoms with Crippen LogP contribution in [0.3, 0.4) is 0 Å². The molecule has 0 aliphatic rings. The van der Waals surface area contributed by atoms with Gasteiger partial charge in [0, 0.05) is 28.4 Å². The molecule has 0 aliphatic carbocycles. The molecule has 0 atom stereocenters. The van der Waals surface area contributed by atoms with Gasteiger partial charge >= 0.3 is 0 Å². The van der Waals surface area contributed by atoms with Crippen LogP contribution in [0.15, 0.2) is 72.9 Å². The molecule has 4 aromatic rings. The maximum absolute atomic E-state index is 4.49. The number of hydrogen-bond donors (Lipinski definition) is 0. The lowest BCUT2D eigenvalue weighted by Gasteiger charge is -1.98. The van der Waals surface area contributed by atoms with Crippen LogP contribution in [-0.4, -0.2) is 9.97 Å². The van der Waals surface area contributed by atoms with Gasteiger partial charge in [-0.15, -0.1) is 0 Å². The van der Waals surface area contributed by atoms with Gasteiger partial charge in [0.15, 0.2) is 0 Å². The number of hydrogen-bond acceptors (Lipinski definition) is 2. The van der Waals surface area contributed by atoms with Gasteiger partial charge in [0.1, 0.15) is 0 Å². The highest BCUT2D eigenvalue weighted by atomic mass is 14.7. The summed E-state index contributed by atoms with van der Waals surface area (Å²) in [5.74, 6) is 0. The third-order valence-corrected chi connectivity index (χ3v) is 4.07. The van der Waals surface area contributed by atoms with Crippen LogP contribution in [0, 0.1) is 0 Å². The Kier molecular flexibility index (Phi) is 5.17. The van der Waals surface area contributed by atoms with E-state index >= 15 is 0 Å². The van der Waals surface area contributed by atoms with Crippen molar-refractivity contribution >= 4 is 21.7 Å². The zero-order valence-corrected chi connectivity index (χ0v) is 14.2. The Balaban J connectivity index is 0.000000141. The summed E-state index contributed by atoms with van der Waals surface area (Å²) in [6.45, 7) is 4.24. The van der Waals surface area contributed by atoms with Crippen LogP contribution in [0.25, 0.3) is 21.7 Å². The predicted octanol–water partition coefficient (Wildman–Crippen LogP) is 5.59. The second-order valence-corrected chi connectivity index (χ2v) is 5.73. The van der Waals surface area contributed by atoms with E-state index in [-0.39, 0.29) is 0 Å². The van der Waals surface area contributed by atoms with Crippen molar-refractivity contribution in [3.05, 3.63) is 84.3 Å². The van der Waals surface area contributed by atoms with Crippen LogP contribution in [-0.2, 0) is 12.8 Å². The maximum Gasteiger partial charge on any atom is 0.0705 e. The van der Waals surface area contributed by atoms with Gasteiger partial charge in [0.05, 0.1) is 5.52 Å². The van der Waals surface area contributed by atoms with Gasteiger partial charge in [-0.2, -0.15) is 0 Å². The van der Waals surface area contributed by atoms with E-state index in [0.29, 0.717) is 0 Å². The second-order valence-electron chi connectivity index (χ2n) is 5.73. The number of fused-ring (bicyclic) bond motifs is 2. The molecular weight excluding hydrogens is 292 g/mol. The van der Waals surface area contributed by atoms with E-state index in [9.17, 15) is 0 Å². The maximum atomic E-state index is 4.49. The summed E-state index contributed by atoms with van der Waals surface area (Å²) in [5.41, 5.74) is 3.42. The van der Waals surface area contributed by atoms with Gasteiger partial charge < -0.3 is 0 Å². The number of aryl methyl sites for hydroxylation is 2. The van der Waals surface area contributed by atoms with E-state index in [4.69, 9.17) is 0 Å². The normalized spacial score (nSPS) is 10.4. The molecule has 0 fully saturated rings. The highest BCUT2D eigenvalue weighted by Crippen LogP contribution is 2.13. The van der Waals surface area contributed by atoms with Crippen LogP contribution in [0.4, 0.5) is 0 Å². The molecule has 0 radical (unpaired) electrons. The minimum Gasteiger partial charge on any atom is -0.261 e. The first-order valence-electron chi connectivity index (χ1n) is 8.48. The van der Waals surface area contributed by atoms with Crippen LogP contribution in [0.1, 0.15) is 25.2 Å². The fraction of sp³-hybridized carbons (Fsp3) is 0.182. The summed E-state index contributed by atoms with van der Waals surface area (Å²) in [4.78, 5) is 8.82. The molecule has 0 spiro atoms. The van der Waals surface area contributed by atoms with Crippen LogP contribution >= 0.6 is 0 Å². The van der Waals surface area contributed by atoms with E-state index in [1.165, 1.54) is 16.2 Å². The SMILES string of the molecule is CCc1cc2ccccc2cn1.CCc1ccc2ccccc2n1. The van der Waals surface area contributed by atoms with Gasteiger partial charge in [0.25, 0.3) is 0 Å². The van der Waals surface area contributed by atoms with Gasteiger partial charge in [-0.25, -0.2) is 0 Å². The Morgan fingerprint density at radius 1 is 0.667 bits per heavy atom. The van der Waals surface area contributed by atoms with Crippen LogP contribution in [0.2, 0.25) is 0 Å². The Hall–Kier alpha value is -2.74. The van der Waals surface area contributed by atoms with Crippen molar-refractivity contribution in [2.24, 2.45) is 0 Å². The minimum absolute atomic E-state index is 1.00. The summed E-state index contributed by atoms with van der Waals surface area (Å²) in [7, 11) is 0. The van der Waals surface area contributed by atoms with Gasteiger partial charge in [-0.05, 0) is 36.4 Å². The fourth-order valence-electron chi connectivity index (χ4n) is 2.63. The Bertz CT molecular complexity index is 865. The summed E-state index contributed by atoms with van der Waals surface area (Å²) in [5, 5.41) is 3.72. The number of pyridine rings is 2. The lowest BCUT2D eigenvalue weighted by Crippen LogP contribution is -1.86. The minimum atomic E-state index is 1.00. The van der Waals surface area contributed by atoms with Crippen molar-refractivity contribution in [3.8, 4) is 0 Å². The fourth-order valence-corrected chi connectivity index (χ4v) is 2.63. The van der Waals surface area contributed by atoms with E-state index in [1.54, 1.807) is 0 Å². The molecule has 4 rings (SSSR count). The summed E-state index contributed by atoms with van der Waals surface area (Å²) >= 11 is 0. The molecular formula is C22H22N2. The molecule has 120 valence electrons. The zero-order chi connectivity index (χ0) is 16.8. The van der Waals surface area contributed by atoms with Gasteiger partial charge in [-0.3, -0.25) is 9.97 Å². The zero-order valence-electron chi connectivity index (χ0n) is 14.2. The lowest BCUT2D eigenvalue weighted by atomic mass is 10.1. The molecule has 2 aromatic carbocycles. The first-order valence-corrected chi connectivity index (χ1v) is 8.48. The summed E-state index contributed by atoms with van der Waals surface area (Å²) in [6, 6.07) is 22.9. The number of aromatic nitrogens is 2. The molecule has 0 aliphatic heterocycles. The predicted molar refractivity (Wildman–Crippen MR) is 102 cm³/mol. The summed E-state index contributed by atoms with van der Waals surface area (Å²) in [6.07, 6.45) is 3.95. The Morgan fingerprint density at radius 3 is 2.08 bits per heavy atom. The quantitative estimate of drug-likeness (QED) is 0.481. The van der Waals surface area contributed by atoms with E-state index < -0.39 is 0 Å². The van der Waals surface area contributed by atoms with E-state index in [2.05, 4.69) is 72.3 Å². The van der Waals surface area contributed by atoms with Crippen LogP contribution < -0.4 is 0 Å². The number of rotatable bonds is 2. The van der Waals surface area contributed by atoms with Gasteiger partial charge in [0.2, 0.25) is 0 Å². The van der Waals surface area contributed by atoms with Crippen molar-refractivity contribution < 1.29 is 0 Å². The molecule has 0 amide bonds. The topological polar surface area (TPSA) is 25.8 Å². The Morgan fingerprint density at radius 2 is 1.33 bits per heavy atom. The second kappa shape index (κ2) is 7.69. The third kappa shape index (κ3) is 3.77. The number of benzene rings is 2. The molecule has 0 bridgehead atoms. The van der Waals surface area contributed by atoms with Crippen LogP contribution in [0.5, 0.6) is 0 Å². The highest BCUT2D eigenvalue weighted by molar-refractivity contribution is 5.81. The summed E-state index contributed by atoms with van der Waals surface area (Å²) < 4.78 is 0. The first kappa shape index (κ1) is 16.1. The highest BCUT2D eigenvalue weighted by Gasteiger charge is 1.94. The molecule has 0 saturated heterocycles. The molecule has 0 saturated carbocycles. The van der Waals surface area contributed by atoms with E-state index in [1.807, 2.05) is 24.4 Å². The average Bonchev–Trinajstić information content (AvgIpc) is 2.67. The average molecular weight is 314 g/mol. The monoisotopic (exact) mass is 314 g/mol. The molecule has 2 nitrogen and oxygen atoms in total. The van der Waals surface area contributed by atoms with Crippen molar-refractivity contribution in [1.29, 1.82) is 0 Å². The number of para-hydroxylation sites is 1. The van der Waals surface area contributed by atoms with Crippen molar-refractivity contribution in [3.63, 3.8) is 0 Å². The molecule has 0 N–H and O–H groups in total. The molecule has 2 heterocycles. The first-order chi connectivity index (χ1) is 11.8. The van der Waals surface area contributed by atoms with Crippen molar-refractivity contribution in [1.82, 2.24) is 9.97 Å². The van der Waals surface area contributed by atoms with Crippen molar-refractivity contribution in [2.75, 3.05) is 0 Å². The molecule has 2 aromatic heterocycles. The van der Waals surface area contributed by atoms with Crippen molar-refractivity contribution in [2.45, 2.75) is 26.7 Å². The molecule has 0 unspecified atom stereocenters. The molecule has 2 heteroatoms. The smallest absolute Gasteiger partial charge is 0.0705 e.